The van der Waals surface area contributed by atoms with E-state index in [4.69, 9.17) is 5.73 Å². The van der Waals surface area contributed by atoms with Crippen LogP contribution in [0.5, 0.6) is 0 Å². The van der Waals surface area contributed by atoms with Crippen molar-refractivity contribution >= 4 is 0 Å². The highest BCUT2D eigenvalue weighted by Gasteiger charge is 2.35. The molecule has 3 aromatic carbocycles. The Kier molecular flexibility index (Phi) is 4.40. The monoisotopic (exact) mass is 327 g/mol. The molecule has 0 aromatic heterocycles. The van der Waals surface area contributed by atoms with Crippen molar-refractivity contribution in [2.75, 3.05) is 6.54 Å². The van der Waals surface area contributed by atoms with Crippen LogP contribution in [-0.4, -0.2) is 6.54 Å². The minimum absolute atomic E-state index is 0.163. The lowest BCUT2D eigenvalue weighted by Crippen LogP contribution is -2.37. The molecule has 0 unspecified atom stereocenters. The fourth-order valence-corrected chi connectivity index (χ4v) is 3.06. The Morgan fingerprint density at radius 1 is 0.542 bits per heavy atom. The molecule has 0 bridgehead atoms. The van der Waals surface area contributed by atoms with Crippen molar-refractivity contribution in [2.45, 2.75) is 5.41 Å². The second-order valence-corrected chi connectivity index (χ2v) is 5.63. The third-order valence-electron chi connectivity index (χ3n) is 4.32. The first kappa shape index (κ1) is 16.3. The van der Waals surface area contributed by atoms with Crippen molar-refractivity contribution < 1.29 is 13.2 Å². The molecule has 122 valence electrons. The molecule has 1 nitrogen and oxygen atoms in total. The van der Waals surface area contributed by atoms with Gasteiger partial charge in [-0.05, 0) is 53.1 Å². The maximum absolute atomic E-state index is 13.4. The maximum atomic E-state index is 13.4. The standard InChI is InChI=1S/C20H16F3N/c21-17-7-1-14(2-8-17)20(13-24,15-3-9-18(22)10-4-15)16-5-11-19(23)12-6-16/h1-12H,13,24H2. The molecule has 4 heteroatoms. The fourth-order valence-electron chi connectivity index (χ4n) is 3.06. The van der Waals surface area contributed by atoms with Gasteiger partial charge < -0.3 is 5.73 Å². The second kappa shape index (κ2) is 6.49. The van der Waals surface area contributed by atoms with Gasteiger partial charge in [-0.15, -0.1) is 0 Å². The molecule has 0 saturated heterocycles. The summed E-state index contributed by atoms with van der Waals surface area (Å²) in [5.74, 6) is -1.08. The number of nitrogens with two attached hydrogens (primary N) is 1. The van der Waals surface area contributed by atoms with Crippen LogP contribution in [0.1, 0.15) is 16.7 Å². The Labute approximate surface area is 138 Å². The molecule has 0 saturated carbocycles. The van der Waals surface area contributed by atoms with Gasteiger partial charge in [0.25, 0.3) is 0 Å². The van der Waals surface area contributed by atoms with Crippen molar-refractivity contribution in [3.8, 4) is 0 Å². The van der Waals surface area contributed by atoms with E-state index >= 15 is 0 Å². The van der Waals surface area contributed by atoms with Crippen LogP contribution in [0.25, 0.3) is 0 Å². The van der Waals surface area contributed by atoms with Gasteiger partial charge >= 0.3 is 0 Å². The average molecular weight is 327 g/mol. The van der Waals surface area contributed by atoms with Crippen LogP contribution in [0, 0.1) is 17.5 Å². The smallest absolute Gasteiger partial charge is 0.123 e. The molecule has 0 atom stereocenters. The second-order valence-electron chi connectivity index (χ2n) is 5.63. The molecule has 0 spiro atoms. The van der Waals surface area contributed by atoms with Crippen LogP contribution in [0.2, 0.25) is 0 Å². The molecular weight excluding hydrogens is 311 g/mol. The van der Waals surface area contributed by atoms with Crippen LogP contribution in [0.3, 0.4) is 0 Å². The molecule has 0 aliphatic rings. The van der Waals surface area contributed by atoms with Gasteiger partial charge in [0.2, 0.25) is 0 Å². The number of benzene rings is 3. The Bertz CT molecular complexity index is 698. The van der Waals surface area contributed by atoms with Gasteiger partial charge in [0.15, 0.2) is 0 Å². The van der Waals surface area contributed by atoms with Crippen LogP contribution >= 0.6 is 0 Å². The molecule has 2 N–H and O–H groups in total. The summed E-state index contributed by atoms with van der Waals surface area (Å²) in [6, 6.07) is 18.0. The molecule has 0 amide bonds. The van der Waals surface area contributed by atoms with Gasteiger partial charge in [0.05, 0.1) is 5.41 Å². The Morgan fingerprint density at radius 3 is 1.00 bits per heavy atom. The van der Waals surface area contributed by atoms with E-state index in [1.54, 1.807) is 36.4 Å². The lowest BCUT2D eigenvalue weighted by atomic mass is 9.69. The van der Waals surface area contributed by atoms with Crippen molar-refractivity contribution in [1.29, 1.82) is 0 Å². The topological polar surface area (TPSA) is 26.0 Å². The fraction of sp³-hybridized carbons (Fsp3) is 0.100. The maximum Gasteiger partial charge on any atom is 0.123 e. The summed E-state index contributed by atoms with van der Waals surface area (Å²) in [6.45, 7) is 0.163. The number of hydrogen-bond acceptors (Lipinski definition) is 1. The summed E-state index contributed by atoms with van der Waals surface area (Å²) in [5, 5.41) is 0. The quantitative estimate of drug-likeness (QED) is 0.706. The van der Waals surface area contributed by atoms with Crippen molar-refractivity contribution in [2.24, 2.45) is 5.73 Å². The third-order valence-corrected chi connectivity index (χ3v) is 4.32. The molecule has 0 radical (unpaired) electrons. The lowest BCUT2D eigenvalue weighted by Gasteiger charge is -2.34. The number of rotatable bonds is 4. The normalized spacial score (nSPS) is 11.5. The number of halogens is 3. The summed E-state index contributed by atoms with van der Waals surface area (Å²) in [7, 11) is 0. The molecule has 24 heavy (non-hydrogen) atoms. The van der Waals surface area contributed by atoms with E-state index in [1.165, 1.54) is 36.4 Å². The molecule has 3 rings (SSSR count). The van der Waals surface area contributed by atoms with E-state index < -0.39 is 5.41 Å². The highest BCUT2D eigenvalue weighted by atomic mass is 19.1. The zero-order chi connectivity index (χ0) is 17.2. The van der Waals surface area contributed by atoms with E-state index in [0.717, 1.165) is 16.7 Å². The van der Waals surface area contributed by atoms with Crippen LogP contribution in [0.15, 0.2) is 72.8 Å². The summed E-state index contributed by atoms with van der Waals surface area (Å²) in [6.07, 6.45) is 0. The zero-order valence-corrected chi connectivity index (χ0v) is 12.8. The van der Waals surface area contributed by atoms with E-state index in [-0.39, 0.29) is 24.0 Å². The summed E-state index contributed by atoms with van der Waals surface area (Å²) >= 11 is 0. The average Bonchev–Trinajstić information content (AvgIpc) is 2.60. The van der Waals surface area contributed by atoms with Gasteiger partial charge in [0, 0.05) is 6.54 Å². The van der Waals surface area contributed by atoms with Gasteiger partial charge in [-0.2, -0.15) is 0 Å². The molecule has 0 aliphatic carbocycles. The molecule has 0 aliphatic heterocycles. The highest BCUT2D eigenvalue weighted by Crippen LogP contribution is 2.38. The summed E-state index contributed by atoms with van der Waals surface area (Å²) < 4.78 is 40.1. The van der Waals surface area contributed by atoms with Gasteiger partial charge in [-0.25, -0.2) is 13.2 Å². The van der Waals surface area contributed by atoms with E-state index in [2.05, 4.69) is 0 Å². The third kappa shape index (κ3) is 2.81. The van der Waals surface area contributed by atoms with E-state index in [1.807, 2.05) is 0 Å². The summed E-state index contributed by atoms with van der Waals surface area (Å²) in [5.41, 5.74) is 7.58. The highest BCUT2D eigenvalue weighted by molar-refractivity contribution is 5.51. The molecule has 3 aromatic rings. The molecule has 0 heterocycles. The van der Waals surface area contributed by atoms with Gasteiger partial charge in [-0.1, -0.05) is 36.4 Å². The van der Waals surface area contributed by atoms with Crippen LogP contribution in [0.4, 0.5) is 13.2 Å². The van der Waals surface area contributed by atoms with Crippen molar-refractivity contribution in [1.82, 2.24) is 0 Å². The summed E-state index contributed by atoms with van der Waals surface area (Å²) in [4.78, 5) is 0. The predicted octanol–water partition coefficient (Wildman–Crippen LogP) is 4.40. The Hall–Kier alpha value is -2.59. The minimum Gasteiger partial charge on any atom is -0.329 e. The first-order valence-electron chi connectivity index (χ1n) is 7.54. The van der Waals surface area contributed by atoms with Crippen molar-refractivity contribution in [3.05, 3.63) is 107 Å². The van der Waals surface area contributed by atoms with E-state index in [9.17, 15) is 13.2 Å². The molecular formula is C20H16F3N. The first-order valence-corrected chi connectivity index (χ1v) is 7.54. The van der Waals surface area contributed by atoms with Crippen LogP contribution < -0.4 is 5.73 Å². The molecule has 0 fully saturated rings. The Balaban J connectivity index is 2.27. The zero-order valence-electron chi connectivity index (χ0n) is 12.8. The van der Waals surface area contributed by atoms with Gasteiger partial charge in [-0.3, -0.25) is 0 Å². The lowest BCUT2D eigenvalue weighted by molar-refractivity contribution is 0.597. The van der Waals surface area contributed by atoms with Crippen LogP contribution in [-0.2, 0) is 5.41 Å². The number of hydrogen-bond donors (Lipinski definition) is 1. The van der Waals surface area contributed by atoms with Crippen molar-refractivity contribution in [3.63, 3.8) is 0 Å². The Morgan fingerprint density at radius 2 is 0.792 bits per heavy atom. The van der Waals surface area contributed by atoms with E-state index in [0.29, 0.717) is 0 Å². The minimum atomic E-state index is -0.824. The van der Waals surface area contributed by atoms with Gasteiger partial charge in [0.1, 0.15) is 17.5 Å². The predicted molar refractivity (Wildman–Crippen MR) is 88.1 cm³/mol. The first-order chi connectivity index (χ1) is 11.6. The SMILES string of the molecule is NCC(c1ccc(F)cc1)(c1ccc(F)cc1)c1ccc(F)cc1. The largest absolute Gasteiger partial charge is 0.329 e.